The zero-order valence-electron chi connectivity index (χ0n) is 51.3. The Hall–Kier alpha value is -11.7. The molecule has 0 saturated heterocycles. The van der Waals surface area contributed by atoms with Crippen molar-refractivity contribution in [2.75, 3.05) is 26.4 Å². The summed E-state index contributed by atoms with van der Waals surface area (Å²) < 4.78 is 23.4. The van der Waals surface area contributed by atoms with Gasteiger partial charge in [0.1, 0.15) is 49.4 Å². The highest BCUT2D eigenvalue weighted by molar-refractivity contribution is 5.84. The van der Waals surface area contributed by atoms with Gasteiger partial charge in [0.2, 0.25) is 0 Å². The van der Waals surface area contributed by atoms with Crippen molar-refractivity contribution < 1.29 is 18.9 Å². The average Bonchev–Trinajstić information content (AvgIpc) is 1.77. The van der Waals surface area contributed by atoms with Gasteiger partial charge < -0.3 is 18.9 Å². The molecular weight excluding hydrogens is 1130 g/mol. The van der Waals surface area contributed by atoms with Crippen LogP contribution in [0.1, 0.15) is 72.7 Å². The second kappa shape index (κ2) is 23.6. The first-order chi connectivity index (χ1) is 45.8. The predicted octanol–water partition coefficient (Wildman–Crippen LogP) is 18.8. The molecule has 11 aromatic carbocycles. The summed E-state index contributed by atoms with van der Waals surface area (Å²) in [5, 5.41) is 0. The number of hydrogen-bond acceptors (Lipinski definition) is 4. The van der Waals surface area contributed by atoms with Crippen molar-refractivity contribution in [3.05, 3.63) is 315 Å². The van der Waals surface area contributed by atoms with Crippen molar-refractivity contribution in [2.24, 2.45) is 5.92 Å². The fraction of sp³-hybridized carbons (Fsp3) is 0.124. The lowest BCUT2D eigenvalue weighted by Gasteiger charge is -2.37. The fourth-order valence-corrected chi connectivity index (χ4v) is 15.4. The molecule has 0 saturated carbocycles. The van der Waals surface area contributed by atoms with Crippen LogP contribution in [0.2, 0.25) is 0 Å². The Bertz CT molecular complexity index is 4680. The van der Waals surface area contributed by atoms with Gasteiger partial charge in [-0.05, 0) is 225 Å². The Morgan fingerprint density at radius 1 is 0.323 bits per heavy atom. The van der Waals surface area contributed by atoms with E-state index in [-0.39, 0.29) is 26.4 Å². The average molecular weight is 1200 g/mol. The summed E-state index contributed by atoms with van der Waals surface area (Å²) in [6, 6.07) is 84.0. The van der Waals surface area contributed by atoms with Gasteiger partial charge in [-0.3, -0.25) is 0 Å². The summed E-state index contributed by atoms with van der Waals surface area (Å²) in [5.74, 6) is 14.3. The number of hydrogen-bond donors (Lipinski definition) is 0. The summed E-state index contributed by atoms with van der Waals surface area (Å²) in [7, 11) is 0. The first-order valence-electron chi connectivity index (χ1n) is 31.8. The van der Waals surface area contributed by atoms with Crippen molar-refractivity contribution in [3.63, 3.8) is 0 Å². The van der Waals surface area contributed by atoms with Crippen LogP contribution in [0.25, 0.3) is 77.9 Å². The van der Waals surface area contributed by atoms with Crippen LogP contribution in [-0.4, -0.2) is 26.4 Å². The highest BCUT2D eigenvalue weighted by Gasteiger charge is 2.39. The van der Waals surface area contributed by atoms with E-state index < -0.39 is 5.41 Å². The number of ether oxygens (including phenoxy) is 4. The zero-order chi connectivity index (χ0) is 62.6. The van der Waals surface area contributed by atoms with Gasteiger partial charge in [-0.1, -0.05) is 218 Å². The lowest BCUT2D eigenvalue weighted by molar-refractivity contribution is 0.261. The largest absolute Gasteiger partial charge is 0.481 e. The van der Waals surface area contributed by atoms with E-state index in [9.17, 15) is 0 Å². The molecule has 0 spiro atoms. The summed E-state index contributed by atoms with van der Waals surface area (Å²) in [6.45, 7) is 0.988. The molecule has 0 amide bonds. The van der Waals surface area contributed by atoms with Crippen molar-refractivity contribution >= 4 is 0 Å². The summed E-state index contributed by atoms with van der Waals surface area (Å²) in [4.78, 5) is 0. The Balaban J connectivity index is 0.800. The maximum Gasteiger partial charge on any atom is 0.148 e. The molecule has 0 aromatic heterocycles. The van der Waals surface area contributed by atoms with Crippen LogP contribution in [0.4, 0.5) is 0 Å². The molecule has 0 aliphatic heterocycles. The minimum Gasteiger partial charge on any atom is -0.481 e. The quantitative estimate of drug-likeness (QED) is 0.0714. The van der Waals surface area contributed by atoms with Gasteiger partial charge in [0.15, 0.2) is 0 Å². The normalized spacial score (nSPS) is 14.6. The van der Waals surface area contributed by atoms with Gasteiger partial charge in [-0.15, -0.1) is 25.7 Å². The highest BCUT2D eigenvalue weighted by atomic mass is 16.5. The van der Waals surface area contributed by atoms with E-state index in [4.69, 9.17) is 44.6 Å². The van der Waals surface area contributed by atoms with Crippen LogP contribution < -0.4 is 14.2 Å². The molecule has 4 nitrogen and oxygen atoms in total. The standard InChI is InChI=1S/C89H62O4/c1-5-41-90-77-29-37-85-69(53-77)49-65-45-61(17-33-81(65)85)57-9-21-73(22-10-57)89(74-23-11-58(12-24-74)62-18-34-82-66(46-62)50-70-54-78(91-42-6-2)30-38-86(70)82,75-25-13-59(14-26-75)63-19-35-83-67(47-63)51-71-55-79(92-43-7-3)31-39-87(71)83)76-27-15-60(16-28-76)64-20-36-84-68(48-64)52-72-56-80(93-44-8-4)32-40-88(72)84/h1-4,9-40,45-48,53-56,69,85H,41-44,49-52H2. The number of fused-ring (bicyclic) bond motifs is 12. The first kappa shape index (κ1) is 56.6. The maximum absolute atomic E-state index is 5.87. The highest BCUT2D eigenvalue weighted by Crippen LogP contribution is 2.50. The van der Waals surface area contributed by atoms with E-state index in [0.29, 0.717) is 11.8 Å². The summed E-state index contributed by atoms with van der Waals surface area (Å²) in [5.41, 5.74) is 31.0. The Kier molecular flexibility index (Phi) is 14.4. The molecule has 5 aliphatic carbocycles. The lowest BCUT2D eigenvalue weighted by atomic mass is 9.64. The summed E-state index contributed by atoms with van der Waals surface area (Å²) >= 11 is 0. The topological polar surface area (TPSA) is 36.9 Å². The fourth-order valence-electron chi connectivity index (χ4n) is 15.4. The molecule has 4 heteroatoms. The van der Waals surface area contributed by atoms with Crippen LogP contribution in [0.15, 0.2) is 248 Å². The third kappa shape index (κ3) is 10.2. The predicted molar refractivity (Wildman–Crippen MR) is 376 cm³/mol. The molecule has 5 aliphatic rings. The Morgan fingerprint density at radius 2 is 0.624 bits per heavy atom. The molecule has 0 N–H and O–H groups in total. The molecule has 0 bridgehead atoms. The number of rotatable bonds is 16. The first-order valence-corrected chi connectivity index (χ1v) is 31.8. The molecule has 442 valence electrons. The molecule has 0 heterocycles. The van der Waals surface area contributed by atoms with Crippen molar-refractivity contribution in [1.29, 1.82) is 0 Å². The van der Waals surface area contributed by atoms with Gasteiger partial charge >= 0.3 is 0 Å². The van der Waals surface area contributed by atoms with E-state index in [1.54, 1.807) is 0 Å². The molecule has 93 heavy (non-hydrogen) atoms. The molecule has 0 radical (unpaired) electrons. The molecule has 2 atom stereocenters. The lowest BCUT2D eigenvalue weighted by Crippen LogP contribution is -2.31. The van der Waals surface area contributed by atoms with E-state index >= 15 is 0 Å². The van der Waals surface area contributed by atoms with E-state index in [2.05, 4.69) is 248 Å². The minimum absolute atomic E-state index is 0.242. The molecule has 2 unspecified atom stereocenters. The SMILES string of the molecule is C#CCOC1=CC2Cc3cc(-c4ccc(C(c5ccc(-c6ccc7c(c6)Cc6cc(OCC#C)ccc6-7)cc5)(c5ccc(-c6ccc7c(c6)Cc6cc(OCC#C)ccc6-7)cc5)c5ccc(-c6ccc7c(c6)Cc6cc(OCC#C)ccc6-7)cc5)cc4)ccc3C2C=C1. The second-order valence-electron chi connectivity index (χ2n) is 24.9. The van der Waals surface area contributed by atoms with Gasteiger partial charge in [0.25, 0.3) is 0 Å². The van der Waals surface area contributed by atoms with Crippen LogP contribution in [0, 0.1) is 55.3 Å². The third-order valence-electron chi connectivity index (χ3n) is 19.7. The summed E-state index contributed by atoms with van der Waals surface area (Å²) in [6.07, 6.45) is 32.2. The van der Waals surface area contributed by atoms with Gasteiger partial charge in [-0.2, -0.15) is 0 Å². The third-order valence-corrected chi connectivity index (χ3v) is 19.7. The van der Waals surface area contributed by atoms with Crippen LogP contribution in [0.5, 0.6) is 17.2 Å². The van der Waals surface area contributed by atoms with Gasteiger partial charge in [0, 0.05) is 5.92 Å². The number of terminal acetylenes is 4. The second-order valence-corrected chi connectivity index (χ2v) is 24.9. The number of allylic oxidation sites excluding steroid dienone is 3. The van der Waals surface area contributed by atoms with Gasteiger partial charge in [-0.25, -0.2) is 0 Å². The van der Waals surface area contributed by atoms with Crippen molar-refractivity contribution in [1.82, 2.24) is 0 Å². The van der Waals surface area contributed by atoms with Crippen molar-refractivity contribution in [3.8, 4) is 145 Å². The Labute approximate surface area is 544 Å². The number of benzene rings is 11. The van der Waals surface area contributed by atoms with Crippen LogP contribution in [-0.2, 0) is 35.8 Å². The van der Waals surface area contributed by atoms with Gasteiger partial charge in [0.05, 0.1) is 5.41 Å². The van der Waals surface area contributed by atoms with E-state index in [1.807, 2.05) is 18.2 Å². The minimum atomic E-state index is -0.782. The maximum atomic E-state index is 5.87. The molecular formula is C89H62O4. The van der Waals surface area contributed by atoms with Crippen LogP contribution >= 0.6 is 0 Å². The smallest absolute Gasteiger partial charge is 0.148 e. The van der Waals surface area contributed by atoms with E-state index in [0.717, 1.165) is 93.2 Å². The monoisotopic (exact) mass is 1190 g/mol. The zero-order valence-corrected chi connectivity index (χ0v) is 51.3. The van der Waals surface area contributed by atoms with Crippen molar-refractivity contribution in [2.45, 2.75) is 37.0 Å². The van der Waals surface area contributed by atoms with Crippen LogP contribution in [0.3, 0.4) is 0 Å². The molecule has 16 rings (SSSR count). The Morgan fingerprint density at radius 3 is 0.978 bits per heavy atom. The molecule has 0 fully saturated rings. The molecule has 11 aromatic rings. The van der Waals surface area contributed by atoms with E-state index in [1.165, 1.54) is 100 Å².